The van der Waals surface area contributed by atoms with Crippen LogP contribution in [0.15, 0.2) is 0 Å². The Kier molecular flexibility index (Phi) is 4.74. The maximum absolute atomic E-state index is 5.98. The number of hydrogen-bond donors (Lipinski definition) is 1. The molecule has 1 fully saturated rings. The normalized spacial score (nSPS) is 28.4. The summed E-state index contributed by atoms with van der Waals surface area (Å²) >= 11 is 0. The molecule has 2 atom stereocenters. The average molecular weight is 184 g/mol. The first-order chi connectivity index (χ1) is 6.24. The summed E-state index contributed by atoms with van der Waals surface area (Å²) in [4.78, 5) is 2.57. The van der Waals surface area contributed by atoms with Gasteiger partial charge in [-0.25, -0.2) is 0 Å². The standard InChI is InChI=1S/C11H24N2/c1-3-11(12)9-13-8-6-4-5-7-10(13)2/h10-11H,3-9,12H2,1-2H3. The fourth-order valence-electron chi connectivity index (χ4n) is 2.04. The Balaban J connectivity index is 2.35. The molecule has 2 unspecified atom stereocenters. The molecule has 0 spiro atoms. The van der Waals surface area contributed by atoms with Gasteiger partial charge in [-0.15, -0.1) is 0 Å². The lowest BCUT2D eigenvalue weighted by Crippen LogP contribution is -2.41. The van der Waals surface area contributed by atoms with E-state index in [-0.39, 0.29) is 0 Å². The number of nitrogens with two attached hydrogens (primary N) is 1. The Labute approximate surface area is 82.5 Å². The molecule has 13 heavy (non-hydrogen) atoms. The number of likely N-dealkylation sites (tertiary alicyclic amines) is 1. The highest BCUT2D eigenvalue weighted by atomic mass is 15.2. The van der Waals surface area contributed by atoms with Gasteiger partial charge in [-0.3, -0.25) is 4.90 Å². The molecule has 2 heteroatoms. The van der Waals surface area contributed by atoms with Crippen LogP contribution in [0.2, 0.25) is 0 Å². The second-order valence-electron chi connectivity index (χ2n) is 4.36. The Morgan fingerprint density at radius 2 is 2.15 bits per heavy atom. The predicted octanol–water partition coefficient (Wildman–Crippen LogP) is 1.99. The first-order valence-corrected chi connectivity index (χ1v) is 5.73. The van der Waals surface area contributed by atoms with E-state index in [9.17, 15) is 0 Å². The van der Waals surface area contributed by atoms with Gasteiger partial charge < -0.3 is 5.73 Å². The van der Waals surface area contributed by atoms with Crippen LogP contribution in [0.3, 0.4) is 0 Å². The Bertz CT molecular complexity index is 136. The van der Waals surface area contributed by atoms with Gasteiger partial charge in [0.15, 0.2) is 0 Å². The third-order valence-corrected chi connectivity index (χ3v) is 3.18. The highest BCUT2D eigenvalue weighted by Crippen LogP contribution is 2.16. The molecule has 1 saturated heterocycles. The van der Waals surface area contributed by atoms with Crippen LogP contribution in [-0.2, 0) is 0 Å². The minimum Gasteiger partial charge on any atom is -0.327 e. The number of hydrogen-bond acceptors (Lipinski definition) is 2. The minimum absolute atomic E-state index is 0.376. The molecule has 2 nitrogen and oxygen atoms in total. The Morgan fingerprint density at radius 1 is 1.38 bits per heavy atom. The predicted molar refractivity (Wildman–Crippen MR) is 57.8 cm³/mol. The van der Waals surface area contributed by atoms with Gasteiger partial charge in [0.1, 0.15) is 0 Å². The van der Waals surface area contributed by atoms with E-state index in [2.05, 4.69) is 18.7 Å². The monoisotopic (exact) mass is 184 g/mol. The molecule has 2 N–H and O–H groups in total. The molecule has 0 saturated carbocycles. The lowest BCUT2D eigenvalue weighted by Gasteiger charge is -2.29. The second-order valence-corrected chi connectivity index (χ2v) is 4.36. The van der Waals surface area contributed by atoms with E-state index < -0.39 is 0 Å². The van der Waals surface area contributed by atoms with Gasteiger partial charge in [0.05, 0.1) is 0 Å². The van der Waals surface area contributed by atoms with E-state index >= 15 is 0 Å². The molecule has 78 valence electrons. The van der Waals surface area contributed by atoms with E-state index in [0.717, 1.165) is 19.0 Å². The molecule has 1 heterocycles. The van der Waals surface area contributed by atoms with Gasteiger partial charge in [0, 0.05) is 18.6 Å². The van der Waals surface area contributed by atoms with Crippen molar-refractivity contribution in [3.8, 4) is 0 Å². The summed E-state index contributed by atoms with van der Waals surface area (Å²) in [5.41, 5.74) is 5.98. The van der Waals surface area contributed by atoms with Crippen molar-refractivity contribution in [2.45, 2.75) is 58.0 Å². The molecule has 0 aromatic rings. The third kappa shape index (κ3) is 3.65. The van der Waals surface area contributed by atoms with Crippen molar-refractivity contribution in [3.05, 3.63) is 0 Å². The SMILES string of the molecule is CCC(N)CN1CCCCCC1C. The summed E-state index contributed by atoms with van der Waals surface area (Å²) in [5, 5.41) is 0. The van der Waals surface area contributed by atoms with Gasteiger partial charge in [0.2, 0.25) is 0 Å². The molecule has 0 aromatic heterocycles. The number of nitrogens with zero attached hydrogens (tertiary/aromatic N) is 1. The zero-order chi connectivity index (χ0) is 9.68. The fourth-order valence-corrected chi connectivity index (χ4v) is 2.04. The summed E-state index contributed by atoms with van der Waals surface area (Å²) in [5.74, 6) is 0. The lowest BCUT2D eigenvalue weighted by molar-refractivity contribution is 0.199. The number of rotatable bonds is 3. The first-order valence-electron chi connectivity index (χ1n) is 5.73. The van der Waals surface area contributed by atoms with Crippen molar-refractivity contribution >= 4 is 0 Å². The molecular formula is C11H24N2. The molecule has 0 aromatic carbocycles. The van der Waals surface area contributed by atoms with Crippen LogP contribution >= 0.6 is 0 Å². The zero-order valence-corrected chi connectivity index (χ0v) is 9.13. The van der Waals surface area contributed by atoms with E-state index in [1.165, 1.54) is 32.2 Å². The van der Waals surface area contributed by atoms with Crippen LogP contribution in [0.5, 0.6) is 0 Å². The molecule has 0 bridgehead atoms. The quantitative estimate of drug-likeness (QED) is 0.727. The zero-order valence-electron chi connectivity index (χ0n) is 9.13. The fraction of sp³-hybridized carbons (Fsp3) is 1.00. The summed E-state index contributed by atoms with van der Waals surface area (Å²) < 4.78 is 0. The summed E-state index contributed by atoms with van der Waals surface area (Å²) in [7, 11) is 0. The van der Waals surface area contributed by atoms with Crippen LogP contribution < -0.4 is 5.73 Å². The van der Waals surface area contributed by atoms with Crippen LogP contribution in [-0.4, -0.2) is 30.1 Å². The largest absolute Gasteiger partial charge is 0.327 e. The van der Waals surface area contributed by atoms with E-state index in [0.29, 0.717) is 6.04 Å². The van der Waals surface area contributed by atoms with Crippen LogP contribution in [0.25, 0.3) is 0 Å². The van der Waals surface area contributed by atoms with Crippen molar-refractivity contribution in [2.75, 3.05) is 13.1 Å². The molecular weight excluding hydrogens is 160 g/mol. The van der Waals surface area contributed by atoms with Crippen molar-refractivity contribution in [1.82, 2.24) is 4.90 Å². The van der Waals surface area contributed by atoms with Gasteiger partial charge in [0.25, 0.3) is 0 Å². The van der Waals surface area contributed by atoms with Crippen LogP contribution in [0.4, 0.5) is 0 Å². The maximum atomic E-state index is 5.98. The second kappa shape index (κ2) is 5.61. The Morgan fingerprint density at radius 3 is 2.85 bits per heavy atom. The first kappa shape index (κ1) is 11.0. The van der Waals surface area contributed by atoms with E-state index in [1.54, 1.807) is 0 Å². The summed E-state index contributed by atoms with van der Waals surface area (Å²) in [6.07, 6.45) is 6.63. The van der Waals surface area contributed by atoms with Gasteiger partial charge in [-0.05, 0) is 32.7 Å². The highest BCUT2D eigenvalue weighted by molar-refractivity contribution is 4.75. The molecule has 0 amide bonds. The van der Waals surface area contributed by atoms with Crippen molar-refractivity contribution in [2.24, 2.45) is 5.73 Å². The van der Waals surface area contributed by atoms with E-state index in [4.69, 9.17) is 5.73 Å². The smallest absolute Gasteiger partial charge is 0.0165 e. The minimum atomic E-state index is 0.376. The lowest BCUT2D eigenvalue weighted by atomic mass is 10.1. The van der Waals surface area contributed by atoms with Crippen molar-refractivity contribution in [1.29, 1.82) is 0 Å². The van der Waals surface area contributed by atoms with Gasteiger partial charge in [-0.2, -0.15) is 0 Å². The summed E-state index contributed by atoms with van der Waals surface area (Å²) in [6, 6.07) is 1.13. The van der Waals surface area contributed by atoms with Crippen molar-refractivity contribution < 1.29 is 0 Å². The molecule has 1 aliphatic heterocycles. The third-order valence-electron chi connectivity index (χ3n) is 3.18. The van der Waals surface area contributed by atoms with Crippen LogP contribution in [0.1, 0.15) is 46.0 Å². The topological polar surface area (TPSA) is 29.3 Å². The average Bonchev–Trinajstić information content (AvgIpc) is 2.32. The Hall–Kier alpha value is -0.0800. The highest BCUT2D eigenvalue weighted by Gasteiger charge is 2.17. The van der Waals surface area contributed by atoms with E-state index in [1.807, 2.05) is 0 Å². The molecule has 0 radical (unpaired) electrons. The van der Waals surface area contributed by atoms with Gasteiger partial charge >= 0.3 is 0 Å². The van der Waals surface area contributed by atoms with Crippen molar-refractivity contribution in [3.63, 3.8) is 0 Å². The van der Waals surface area contributed by atoms with Crippen LogP contribution in [0, 0.1) is 0 Å². The molecule has 0 aliphatic carbocycles. The summed E-state index contributed by atoms with van der Waals surface area (Å²) in [6.45, 7) is 6.87. The van der Waals surface area contributed by atoms with Gasteiger partial charge in [-0.1, -0.05) is 19.8 Å². The maximum Gasteiger partial charge on any atom is 0.0165 e. The molecule has 1 rings (SSSR count). The molecule has 1 aliphatic rings.